The van der Waals surface area contributed by atoms with E-state index in [0.717, 1.165) is 38.5 Å². The zero-order chi connectivity index (χ0) is 33.1. The molecule has 0 unspecified atom stereocenters. The van der Waals surface area contributed by atoms with Gasteiger partial charge >= 0.3 is 5.97 Å². The minimum atomic E-state index is -0.699. The highest BCUT2D eigenvalue weighted by atomic mass is 16.5. The van der Waals surface area contributed by atoms with E-state index in [-0.39, 0.29) is 50.6 Å². The maximum absolute atomic E-state index is 11.9. The Morgan fingerprint density at radius 2 is 0.800 bits per heavy atom. The van der Waals surface area contributed by atoms with Gasteiger partial charge in [0, 0.05) is 39.1 Å². The Balaban J connectivity index is 3.30. The van der Waals surface area contributed by atoms with Crippen molar-refractivity contribution in [2.24, 2.45) is 0 Å². The Labute approximate surface area is 270 Å². The molecule has 0 aliphatic heterocycles. The van der Waals surface area contributed by atoms with E-state index in [1.165, 1.54) is 38.5 Å². The topological polar surface area (TPSA) is 171 Å². The molecular weight excluding hydrogens is 586 g/mol. The number of aliphatic carboxylic acids is 1. The molecule has 4 N–H and O–H groups in total. The monoisotopic (exact) mass is 647 g/mol. The first kappa shape index (κ1) is 42.7. The molecule has 0 aromatic heterocycles. The number of nitrogens with one attached hydrogen (secondary N) is 3. The summed E-state index contributed by atoms with van der Waals surface area (Å²) in [7, 11) is 0. The first-order chi connectivity index (χ1) is 22.0. The van der Waals surface area contributed by atoms with Gasteiger partial charge in [0.15, 0.2) is 0 Å². The lowest BCUT2D eigenvalue weighted by Crippen LogP contribution is -2.32. The van der Waals surface area contributed by atoms with Crippen molar-refractivity contribution in [1.82, 2.24) is 16.0 Å². The van der Waals surface area contributed by atoms with Crippen LogP contribution in [0.5, 0.6) is 0 Å². The van der Waals surface area contributed by atoms with E-state index in [1.54, 1.807) is 0 Å². The second-order valence-corrected chi connectivity index (χ2v) is 10.7. The van der Waals surface area contributed by atoms with Crippen LogP contribution in [-0.4, -0.2) is 115 Å². The molecule has 0 aromatic carbocycles. The van der Waals surface area contributed by atoms with Crippen molar-refractivity contribution in [2.45, 2.75) is 96.8 Å². The summed E-state index contributed by atoms with van der Waals surface area (Å²) in [5.74, 6) is -1.10. The first-order valence-electron chi connectivity index (χ1n) is 16.9. The van der Waals surface area contributed by atoms with Crippen LogP contribution in [0.1, 0.15) is 96.8 Å². The van der Waals surface area contributed by atoms with Gasteiger partial charge in [0.2, 0.25) is 17.7 Å². The summed E-state index contributed by atoms with van der Waals surface area (Å²) in [6, 6.07) is 0. The first-order valence-corrected chi connectivity index (χ1v) is 16.9. The summed E-state index contributed by atoms with van der Waals surface area (Å²) in [6.45, 7) is 6.06. The van der Waals surface area contributed by atoms with Crippen LogP contribution in [0.3, 0.4) is 0 Å². The molecule has 0 aromatic rings. The molecule has 0 radical (unpaired) electrons. The van der Waals surface area contributed by atoms with Gasteiger partial charge in [-0.1, -0.05) is 64.2 Å². The van der Waals surface area contributed by atoms with Gasteiger partial charge in [0.05, 0.1) is 46.2 Å². The van der Waals surface area contributed by atoms with Crippen molar-refractivity contribution in [2.75, 3.05) is 85.7 Å². The van der Waals surface area contributed by atoms with Crippen LogP contribution in [0.4, 0.5) is 0 Å². The minimum Gasteiger partial charge on any atom is -0.481 e. The minimum absolute atomic E-state index is 0.0347. The fourth-order valence-electron chi connectivity index (χ4n) is 4.22. The van der Waals surface area contributed by atoms with Crippen molar-refractivity contribution >= 4 is 23.7 Å². The number of hydrogen-bond acceptors (Lipinski definition) is 9. The van der Waals surface area contributed by atoms with E-state index in [0.29, 0.717) is 65.7 Å². The quantitative estimate of drug-likeness (QED) is 0.0750. The molecule has 0 rings (SSSR count). The average molecular weight is 648 g/mol. The molecule has 0 aliphatic carbocycles. The van der Waals surface area contributed by atoms with Gasteiger partial charge in [-0.25, -0.2) is 0 Å². The van der Waals surface area contributed by atoms with Crippen LogP contribution in [0.15, 0.2) is 0 Å². The van der Waals surface area contributed by atoms with E-state index in [2.05, 4.69) is 16.0 Å². The van der Waals surface area contributed by atoms with Crippen LogP contribution in [0, 0.1) is 0 Å². The van der Waals surface area contributed by atoms with Gasteiger partial charge in [0.25, 0.3) is 0 Å². The number of rotatable bonds is 35. The molecule has 0 bridgehead atoms. The molecule has 3 amide bonds. The highest BCUT2D eigenvalue weighted by molar-refractivity contribution is 5.77. The Morgan fingerprint density at radius 3 is 1.22 bits per heavy atom. The molecule has 0 saturated heterocycles. The number of carboxylic acids is 1. The van der Waals surface area contributed by atoms with Gasteiger partial charge in [-0.2, -0.15) is 0 Å². The largest absolute Gasteiger partial charge is 0.481 e. The van der Waals surface area contributed by atoms with E-state index in [4.69, 9.17) is 28.8 Å². The lowest BCUT2D eigenvalue weighted by Gasteiger charge is -2.09. The molecule has 0 saturated carbocycles. The predicted octanol–water partition coefficient (Wildman–Crippen LogP) is 2.98. The predicted molar refractivity (Wildman–Crippen MR) is 171 cm³/mol. The van der Waals surface area contributed by atoms with E-state index >= 15 is 0 Å². The fraction of sp³-hybridized carbons (Fsp3) is 0.875. The van der Waals surface area contributed by atoms with Gasteiger partial charge in [-0.15, -0.1) is 0 Å². The summed E-state index contributed by atoms with van der Waals surface area (Å²) >= 11 is 0. The highest BCUT2D eigenvalue weighted by Crippen LogP contribution is 2.13. The van der Waals surface area contributed by atoms with Gasteiger partial charge < -0.3 is 44.7 Å². The SMILES string of the molecule is CCOCCNC(=O)COCCOCCNC(=O)COCCOCCNC(=O)CCCCCCCCCCCCCCC(=O)O. The molecule has 0 aliphatic rings. The van der Waals surface area contributed by atoms with Crippen molar-refractivity contribution in [3.05, 3.63) is 0 Å². The highest BCUT2D eigenvalue weighted by Gasteiger charge is 2.04. The fourth-order valence-corrected chi connectivity index (χ4v) is 4.22. The summed E-state index contributed by atoms with van der Waals surface area (Å²) in [6.07, 6.45) is 14.3. The van der Waals surface area contributed by atoms with Crippen LogP contribution in [0.2, 0.25) is 0 Å². The standard InChI is InChI=1S/C32H61N3O10/c1-2-41-20-17-34-30(37)27-44-26-24-43-22-19-35-31(38)28-45-25-23-42-21-18-33-29(36)15-13-11-9-7-5-3-4-6-8-10-12-14-16-32(39)40/h2-28H2,1H3,(H,33,36)(H,34,37)(H,35,38)(H,39,40). The molecule has 0 spiro atoms. The Kier molecular flexibility index (Phi) is 32.8. The molecule has 0 fully saturated rings. The van der Waals surface area contributed by atoms with Crippen LogP contribution >= 0.6 is 0 Å². The normalized spacial score (nSPS) is 11.0. The van der Waals surface area contributed by atoms with Crippen molar-refractivity contribution < 1.29 is 48.0 Å². The number of amides is 3. The average Bonchev–Trinajstić information content (AvgIpc) is 3.01. The second kappa shape index (κ2) is 34.6. The maximum Gasteiger partial charge on any atom is 0.303 e. The summed E-state index contributed by atoms with van der Waals surface area (Å²) in [5.41, 5.74) is 0. The molecule has 13 heteroatoms. The van der Waals surface area contributed by atoms with Gasteiger partial charge in [-0.3, -0.25) is 19.2 Å². The summed E-state index contributed by atoms with van der Waals surface area (Å²) in [4.78, 5) is 45.7. The molecule has 0 heterocycles. The third kappa shape index (κ3) is 36.0. The van der Waals surface area contributed by atoms with Crippen LogP contribution < -0.4 is 16.0 Å². The van der Waals surface area contributed by atoms with Gasteiger partial charge in [-0.05, 0) is 19.8 Å². The molecule has 264 valence electrons. The Morgan fingerprint density at radius 1 is 0.444 bits per heavy atom. The van der Waals surface area contributed by atoms with E-state index in [1.807, 2.05) is 6.92 Å². The zero-order valence-corrected chi connectivity index (χ0v) is 27.7. The second-order valence-electron chi connectivity index (χ2n) is 10.7. The third-order valence-corrected chi connectivity index (χ3v) is 6.66. The van der Waals surface area contributed by atoms with Crippen LogP contribution in [0.25, 0.3) is 0 Å². The number of ether oxygens (including phenoxy) is 5. The third-order valence-electron chi connectivity index (χ3n) is 6.66. The Hall–Kier alpha value is -2.32. The zero-order valence-electron chi connectivity index (χ0n) is 27.7. The van der Waals surface area contributed by atoms with Crippen LogP contribution in [-0.2, 0) is 42.9 Å². The number of unbranched alkanes of at least 4 members (excludes halogenated alkanes) is 11. The number of carbonyl (C=O) groups is 4. The maximum atomic E-state index is 11.9. The van der Waals surface area contributed by atoms with Gasteiger partial charge in [0.1, 0.15) is 13.2 Å². The summed E-state index contributed by atoms with van der Waals surface area (Å²) < 4.78 is 26.4. The smallest absolute Gasteiger partial charge is 0.303 e. The Bertz CT molecular complexity index is 727. The number of carboxylic acid groups (broad SMARTS) is 1. The molecule has 13 nitrogen and oxygen atoms in total. The van der Waals surface area contributed by atoms with E-state index < -0.39 is 5.97 Å². The van der Waals surface area contributed by atoms with E-state index in [9.17, 15) is 19.2 Å². The van der Waals surface area contributed by atoms with Crippen molar-refractivity contribution in [3.8, 4) is 0 Å². The molecule has 45 heavy (non-hydrogen) atoms. The lowest BCUT2D eigenvalue weighted by atomic mass is 10.0. The molecular formula is C32H61N3O10. The van der Waals surface area contributed by atoms with Crippen molar-refractivity contribution in [1.29, 1.82) is 0 Å². The lowest BCUT2D eigenvalue weighted by molar-refractivity contribution is -0.137. The number of hydrogen-bond donors (Lipinski definition) is 4. The molecule has 0 atom stereocenters. The van der Waals surface area contributed by atoms with Crippen molar-refractivity contribution in [3.63, 3.8) is 0 Å². The number of carbonyl (C=O) groups excluding carboxylic acids is 3. The summed E-state index contributed by atoms with van der Waals surface area (Å²) in [5, 5.41) is 16.8.